The molecule has 0 spiro atoms. The molecule has 54 heavy (non-hydrogen) atoms. The van der Waals surface area contributed by atoms with Crippen LogP contribution in [0.5, 0.6) is 0 Å². The van der Waals surface area contributed by atoms with E-state index in [1.54, 1.807) is 6.08 Å². The average molecular weight is 711 g/mol. The molecule has 6 nitrogen and oxygen atoms in total. The summed E-state index contributed by atoms with van der Waals surface area (Å²) in [7, 11) is 0. The largest absolute Gasteiger partial charge is 0.296 e. The molecule has 0 aromatic heterocycles. The topological polar surface area (TPSA) is 73.8 Å². The molecule has 0 aliphatic rings. The molecule has 0 aliphatic heterocycles. The van der Waals surface area contributed by atoms with Crippen LogP contribution in [-0.2, 0) is 18.5 Å². The molecule has 0 aliphatic carbocycles. The summed E-state index contributed by atoms with van der Waals surface area (Å²) in [6, 6.07) is 47.1. The van der Waals surface area contributed by atoms with Crippen LogP contribution in [0.25, 0.3) is 0 Å². The fraction of sp³-hybridized carbons (Fsp3) is 0.146. The molecular formula is C48H50N6. The molecule has 0 fully saturated rings. The van der Waals surface area contributed by atoms with Gasteiger partial charge in [0.25, 0.3) is 0 Å². The first-order chi connectivity index (χ1) is 26.3. The first-order valence-corrected chi connectivity index (χ1v) is 17.8. The highest BCUT2D eigenvalue weighted by molar-refractivity contribution is 6.12. The Labute approximate surface area is 321 Å². The lowest BCUT2D eigenvalue weighted by Gasteiger charge is -2.27. The molecule has 5 aromatic carbocycles. The SMILES string of the molecule is C=C/C=C(\C=C)CNC(N=C)c1ccc(C(C)(C)c2ccc(CN=C(N=C(N=C)c3ccccc3)c3ccccc3)cc2)cc1.C=NCc1ccccc1. The van der Waals surface area contributed by atoms with Crippen LogP contribution < -0.4 is 5.32 Å². The molecule has 0 saturated heterocycles. The molecule has 1 N–H and O–H groups in total. The highest BCUT2D eigenvalue weighted by Gasteiger charge is 2.23. The zero-order valence-corrected chi connectivity index (χ0v) is 31.5. The Morgan fingerprint density at radius 1 is 0.648 bits per heavy atom. The number of benzene rings is 5. The third-order valence-corrected chi connectivity index (χ3v) is 8.87. The van der Waals surface area contributed by atoms with Crippen LogP contribution in [0.15, 0.2) is 201 Å². The maximum atomic E-state index is 4.91. The Balaban J connectivity index is 0.000000631. The first kappa shape index (κ1) is 40.4. The van der Waals surface area contributed by atoms with Crippen LogP contribution in [0.4, 0.5) is 0 Å². The van der Waals surface area contributed by atoms with E-state index in [-0.39, 0.29) is 11.6 Å². The molecule has 0 bridgehead atoms. The average Bonchev–Trinajstić information content (AvgIpc) is 3.22. The van der Waals surface area contributed by atoms with Crippen molar-refractivity contribution in [2.24, 2.45) is 25.0 Å². The maximum Gasteiger partial charge on any atom is 0.161 e. The number of hydrogen-bond acceptors (Lipinski definition) is 4. The van der Waals surface area contributed by atoms with Crippen molar-refractivity contribution in [2.45, 2.75) is 38.5 Å². The van der Waals surface area contributed by atoms with Gasteiger partial charge in [-0.3, -0.25) is 20.3 Å². The van der Waals surface area contributed by atoms with Gasteiger partial charge in [0.05, 0.1) is 13.1 Å². The standard InChI is InChI=1S/C40H41N5.C8H9N/c1-7-15-30(8-2)28-43-37(41-5)34-22-26-36(27-23-34)40(3,4)35-24-20-31(21-25-35)29-44-39(33-18-13-10-14-19-33)45-38(42-6)32-16-11-9-12-17-32;1-9-7-8-5-3-2-4-6-8/h7-27,37,43H,1-2,5-6,28-29H2,3-4H3;2-6H,1,7H2/b30-15+,44-39?,45-38?;. The van der Waals surface area contributed by atoms with Crippen LogP contribution in [0.1, 0.15) is 59.0 Å². The van der Waals surface area contributed by atoms with E-state index in [1.807, 2.05) is 103 Å². The van der Waals surface area contributed by atoms with Crippen LogP contribution in [0, 0.1) is 0 Å². The lowest BCUT2D eigenvalue weighted by Crippen LogP contribution is -2.22. The smallest absolute Gasteiger partial charge is 0.161 e. The van der Waals surface area contributed by atoms with Crippen molar-refractivity contribution in [3.63, 3.8) is 0 Å². The van der Waals surface area contributed by atoms with Gasteiger partial charge in [0, 0.05) is 23.1 Å². The Morgan fingerprint density at radius 3 is 1.67 bits per heavy atom. The van der Waals surface area contributed by atoms with Gasteiger partial charge in [-0.05, 0) is 53.5 Å². The van der Waals surface area contributed by atoms with Gasteiger partial charge >= 0.3 is 0 Å². The van der Waals surface area contributed by atoms with E-state index in [0.29, 0.717) is 24.8 Å². The summed E-state index contributed by atoms with van der Waals surface area (Å²) in [5.41, 5.74) is 8.45. The van der Waals surface area contributed by atoms with Crippen molar-refractivity contribution in [1.82, 2.24) is 5.32 Å². The van der Waals surface area contributed by atoms with Gasteiger partial charge in [0.15, 0.2) is 11.7 Å². The summed E-state index contributed by atoms with van der Waals surface area (Å²) in [6.07, 6.45) is 5.29. The lowest BCUT2D eigenvalue weighted by molar-refractivity contribution is 0.589. The van der Waals surface area contributed by atoms with Gasteiger partial charge < -0.3 is 0 Å². The Bertz CT molecular complexity index is 2040. The summed E-state index contributed by atoms with van der Waals surface area (Å²) in [6.45, 7) is 24.9. The number of nitrogens with one attached hydrogen (secondary N) is 1. The Kier molecular flexibility index (Phi) is 15.9. The van der Waals surface area contributed by atoms with Crippen molar-refractivity contribution in [1.29, 1.82) is 0 Å². The number of nitrogens with zero attached hydrogens (tertiary/aromatic N) is 5. The molecule has 1 atom stereocenters. The second-order valence-electron chi connectivity index (χ2n) is 12.9. The Morgan fingerprint density at radius 2 is 1.17 bits per heavy atom. The number of amidine groups is 2. The van der Waals surface area contributed by atoms with Gasteiger partial charge in [-0.25, -0.2) is 9.98 Å². The van der Waals surface area contributed by atoms with E-state index in [9.17, 15) is 0 Å². The molecule has 6 heteroatoms. The van der Waals surface area contributed by atoms with Crippen LogP contribution in [0.3, 0.4) is 0 Å². The minimum absolute atomic E-state index is 0.201. The van der Waals surface area contributed by atoms with Gasteiger partial charge in [0.1, 0.15) is 6.17 Å². The second-order valence-corrected chi connectivity index (χ2v) is 12.9. The van der Waals surface area contributed by atoms with E-state index in [1.165, 1.54) is 16.7 Å². The molecule has 0 amide bonds. The molecule has 272 valence electrons. The van der Waals surface area contributed by atoms with Crippen LogP contribution >= 0.6 is 0 Å². The lowest BCUT2D eigenvalue weighted by atomic mass is 9.77. The van der Waals surface area contributed by atoms with Crippen molar-refractivity contribution < 1.29 is 0 Å². The van der Waals surface area contributed by atoms with E-state index in [0.717, 1.165) is 34.4 Å². The predicted octanol–water partition coefficient (Wildman–Crippen LogP) is 10.6. The summed E-state index contributed by atoms with van der Waals surface area (Å²) in [4.78, 5) is 22.0. The summed E-state index contributed by atoms with van der Waals surface area (Å²) < 4.78 is 0. The fourth-order valence-corrected chi connectivity index (χ4v) is 5.66. The van der Waals surface area contributed by atoms with Gasteiger partial charge in [-0.15, -0.1) is 0 Å². The number of aliphatic imine (C=N–C) groups is 5. The molecule has 1 unspecified atom stereocenters. The minimum Gasteiger partial charge on any atom is -0.296 e. The zero-order chi connectivity index (χ0) is 38.6. The molecule has 0 heterocycles. The van der Waals surface area contributed by atoms with Crippen molar-refractivity contribution in [2.75, 3.05) is 6.54 Å². The summed E-state index contributed by atoms with van der Waals surface area (Å²) in [5, 5.41) is 3.43. The number of rotatable bonds is 15. The highest BCUT2D eigenvalue weighted by Crippen LogP contribution is 2.32. The van der Waals surface area contributed by atoms with Crippen LogP contribution in [0.2, 0.25) is 0 Å². The third kappa shape index (κ3) is 11.8. The Hall–Kier alpha value is -6.37. The molecule has 0 radical (unpaired) electrons. The quantitative estimate of drug-likeness (QED) is 0.0656. The van der Waals surface area contributed by atoms with Gasteiger partial charge in [-0.1, -0.05) is 185 Å². The zero-order valence-electron chi connectivity index (χ0n) is 31.5. The third-order valence-electron chi connectivity index (χ3n) is 8.87. The van der Waals surface area contributed by atoms with Crippen molar-refractivity contribution in [3.8, 4) is 0 Å². The summed E-state index contributed by atoms with van der Waals surface area (Å²) >= 11 is 0. The maximum absolute atomic E-state index is 4.91. The summed E-state index contributed by atoms with van der Waals surface area (Å²) in [5.74, 6) is 1.16. The molecular weight excluding hydrogens is 661 g/mol. The molecule has 0 saturated carbocycles. The van der Waals surface area contributed by atoms with Crippen LogP contribution in [-0.4, -0.2) is 38.4 Å². The van der Waals surface area contributed by atoms with E-state index >= 15 is 0 Å². The fourth-order valence-electron chi connectivity index (χ4n) is 5.66. The minimum atomic E-state index is -0.216. The number of allylic oxidation sites excluding steroid dienone is 2. The predicted molar refractivity (Wildman–Crippen MR) is 233 cm³/mol. The van der Waals surface area contributed by atoms with Gasteiger partial charge in [-0.2, -0.15) is 0 Å². The number of hydrogen-bond donors (Lipinski definition) is 1. The second kappa shape index (κ2) is 21.2. The van der Waals surface area contributed by atoms with Crippen molar-refractivity contribution >= 4 is 31.8 Å². The highest BCUT2D eigenvalue weighted by atomic mass is 15.1. The van der Waals surface area contributed by atoms with E-state index < -0.39 is 0 Å². The van der Waals surface area contributed by atoms with E-state index in [4.69, 9.17) is 9.98 Å². The van der Waals surface area contributed by atoms with Crippen molar-refractivity contribution in [3.05, 3.63) is 215 Å². The normalized spacial score (nSPS) is 12.4. The molecule has 5 aromatic rings. The monoisotopic (exact) mass is 710 g/mol. The van der Waals surface area contributed by atoms with Gasteiger partial charge in [0.2, 0.25) is 0 Å². The van der Waals surface area contributed by atoms with E-state index in [2.05, 4.69) is 116 Å². The molecule has 5 rings (SSSR count). The first-order valence-electron chi connectivity index (χ1n) is 17.8.